The Morgan fingerprint density at radius 1 is 1.10 bits per heavy atom. The summed E-state index contributed by atoms with van der Waals surface area (Å²) in [5, 5.41) is 0. The molecule has 0 heterocycles. The van der Waals surface area contributed by atoms with Crippen molar-refractivity contribution in [1.29, 1.82) is 0 Å². The molecule has 0 rings (SSSR count). The van der Waals surface area contributed by atoms with E-state index in [9.17, 15) is 22.0 Å². The zero-order chi connectivity index (χ0) is 8.41. The van der Waals surface area contributed by atoms with Crippen LogP contribution in [0.4, 0.5) is 22.0 Å². The standard InChI is InChI=1S/C4H3F5O/c1-2-3(5,6)10-4(7,8)9/h2H,1H2. The first-order chi connectivity index (χ1) is 4.27. The number of hydrogen-bond donors (Lipinski definition) is 0. The molecule has 0 aromatic rings. The average molecular weight is 162 g/mol. The summed E-state index contributed by atoms with van der Waals surface area (Å²) >= 11 is 0. The van der Waals surface area contributed by atoms with Gasteiger partial charge in [0.15, 0.2) is 0 Å². The molecule has 0 saturated carbocycles. The summed E-state index contributed by atoms with van der Waals surface area (Å²) in [4.78, 5) is 0. The Kier molecular flexibility index (Phi) is 2.37. The van der Waals surface area contributed by atoms with Crippen LogP contribution in [-0.2, 0) is 4.74 Å². The van der Waals surface area contributed by atoms with E-state index in [0.29, 0.717) is 0 Å². The predicted molar refractivity (Wildman–Crippen MR) is 22.3 cm³/mol. The van der Waals surface area contributed by atoms with Gasteiger partial charge in [-0.25, -0.2) is 4.74 Å². The molecule has 0 N–H and O–H groups in total. The summed E-state index contributed by atoms with van der Waals surface area (Å²) in [6.45, 7) is 2.44. The van der Waals surface area contributed by atoms with E-state index in [4.69, 9.17) is 0 Å². The minimum Gasteiger partial charge on any atom is -0.222 e. The van der Waals surface area contributed by atoms with E-state index in [-0.39, 0.29) is 6.08 Å². The van der Waals surface area contributed by atoms with E-state index in [1.807, 2.05) is 0 Å². The van der Waals surface area contributed by atoms with E-state index >= 15 is 0 Å². The fourth-order valence-corrected chi connectivity index (χ4v) is 0.196. The van der Waals surface area contributed by atoms with Crippen LogP contribution in [0.5, 0.6) is 0 Å². The minimum atomic E-state index is -5.34. The van der Waals surface area contributed by atoms with E-state index in [2.05, 4.69) is 11.3 Å². The molecule has 0 aromatic carbocycles. The van der Waals surface area contributed by atoms with Crippen LogP contribution in [0.3, 0.4) is 0 Å². The average Bonchev–Trinajstić information content (AvgIpc) is 1.60. The third-order valence-corrected chi connectivity index (χ3v) is 0.489. The van der Waals surface area contributed by atoms with Gasteiger partial charge in [-0.05, 0) is 0 Å². The first kappa shape index (κ1) is 9.35. The summed E-state index contributed by atoms with van der Waals surface area (Å²) < 4.78 is 58.5. The maximum Gasteiger partial charge on any atom is 0.527 e. The van der Waals surface area contributed by atoms with Gasteiger partial charge in [-0.2, -0.15) is 8.78 Å². The number of rotatable bonds is 2. The van der Waals surface area contributed by atoms with Crippen LogP contribution in [0.25, 0.3) is 0 Å². The maximum atomic E-state index is 11.6. The van der Waals surface area contributed by atoms with Crippen LogP contribution in [0.1, 0.15) is 0 Å². The van der Waals surface area contributed by atoms with Gasteiger partial charge in [0, 0.05) is 6.08 Å². The van der Waals surface area contributed by atoms with Crippen molar-refractivity contribution in [2.45, 2.75) is 12.5 Å². The molecule has 0 aliphatic rings. The van der Waals surface area contributed by atoms with E-state index in [1.54, 1.807) is 0 Å². The molecule has 0 saturated heterocycles. The molecular weight excluding hydrogens is 159 g/mol. The summed E-state index contributed by atoms with van der Waals surface area (Å²) in [5.74, 6) is 0. The zero-order valence-corrected chi connectivity index (χ0v) is 4.58. The van der Waals surface area contributed by atoms with Crippen LogP contribution in [0, 0.1) is 0 Å². The highest BCUT2D eigenvalue weighted by atomic mass is 19.4. The van der Waals surface area contributed by atoms with E-state index in [1.165, 1.54) is 0 Å². The second-order valence-corrected chi connectivity index (χ2v) is 1.31. The normalized spacial score (nSPS) is 13.3. The van der Waals surface area contributed by atoms with Crippen molar-refractivity contribution < 1.29 is 26.7 Å². The molecular formula is C4H3F5O. The van der Waals surface area contributed by atoms with Gasteiger partial charge in [-0.15, -0.1) is 13.2 Å². The maximum absolute atomic E-state index is 11.6. The first-order valence-corrected chi connectivity index (χ1v) is 2.05. The van der Waals surface area contributed by atoms with Gasteiger partial charge >= 0.3 is 12.5 Å². The van der Waals surface area contributed by atoms with Gasteiger partial charge in [0.05, 0.1) is 0 Å². The molecule has 0 aliphatic heterocycles. The highest BCUT2D eigenvalue weighted by Crippen LogP contribution is 2.27. The van der Waals surface area contributed by atoms with Gasteiger partial charge in [-0.3, -0.25) is 0 Å². The molecule has 1 nitrogen and oxygen atoms in total. The lowest BCUT2D eigenvalue weighted by Crippen LogP contribution is -2.27. The largest absolute Gasteiger partial charge is 0.527 e. The summed E-state index contributed by atoms with van der Waals surface area (Å²) in [7, 11) is 0. The number of halogens is 5. The number of alkyl halides is 5. The Balaban J connectivity index is 4.01. The SMILES string of the molecule is C=CC(F)(F)OC(F)(F)F. The lowest BCUT2D eigenvalue weighted by Gasteiger charge is -2.13. The fraction of sp³-hybridized carbons (Fsp3) is 0.500. The molecule has 0 fully saturated rings. The smallest absolute Gasteiger partial charge is 0.222 e. The predicted octanol–water partition coefficient (Wildman–Crippen LogP) is 2.30. The molecule has 0 aromatic heterocycles. The molecule has 0 atom stereocenters. The van der Waals surface area contributed by atoms with Crippen LogP contribution in [0.15, 0.2) is 12.7 Å². The van der Waals surface area contributed by atoms with E-state index < -0.39 is 12.5 Å². The van der Waals surface area contributed by atoms with Crippen LogP contribution < -0.4 is 0 Å². The lowest BCUT2D eigenvalue weighted by molar-refractivity contribution is -0.409. The van der Waals surface area contributed by atoms with Crippen molar-refractivity contribution in [2.75, 3.05) is 0 Å². The second-order valence-electron chi connectivity index (χ2n) is 1.31. The van der Waals surface area contributed by atoms with Gasteiger partial charge in [0.2, 0.25) is 0 Å². The molecule has 0 unspecified atom stereocenters. The number of hydrogen-bond acceptors (Lipinski definition) is 1. The second kappa shape index (κ2) is 2.53. The lowest BCUT2D eigenvalue weighted by atomic mass is 10.6. The third kappa shape index (κ3) is 4.25. The topological polar surface area (TPSA) is 9.23 Å². The summed E-state index contributed by atoms with van der Waals surface area (Å²) in [6, 6.07) is 0. The number of ether oxygens (including phenoxy) is 1. The first-order valence-electron chi connectivity index (χ1n) is 2.05. The molecule has 0 bridgehead atoms. The molecule has 60 valence electrons. The molecule has 0 spiro atoms. The van der Waals surface area contributed by atoms with Crippen molar-refractivity contribution in [1.82, 2.24) is 0 Å². The minimum absolute atomic E-state index is 0.236. The van der Waals surface area contributed by atoms with Crippen molar-refractivity contribution >= 4 is 0 Å². The third-order valence-electron chi connectivity index (χ3n) is 0.489. The van der Waals surface area contributed by atoms with Crippen molar-refractivity contribution in [3.8, 4) is 0 Å². The Bertz CT molecular complexity index is 126. The van der Waals surface area contributed by atoms with Crippen molar-refractivity contribution in [3.05, 3.63) is 12.7 Å². The fourth-order valence-electron chi connectivity index (χ4n) is 0.196. The van der Waals surface area contributed by atoms with Gasteiger partial charge in [0.1, 0.15) is 0 Å². The monoisotopic (exact) mass is 162 g/mol. The highest BCUT2D eigenvalue weighted by Gasteiger charge is 2.42. The molecule has 10 heavy (non-hydrogen) atoms. The quantitative estimate of drug-likeness (QED) is 0.447. The molecule has 0 amide bonds. The Labute approximate surface area is 53.1 Å². The van der Waals surface area contributed by atoms with Crippen molar-refractivity contribution in [3.63, 3.8) is 0 Å². The van der Waals surface area contributed by atoms with Gasteiger partial charge < -0.3 is 0 Å². The van der Waals surface area contributed by atoms with E-state index in [0.717, 1.165) is 0 Å². The van der Waals surface area contributed by atoms with Gasteiger partial charge in [-0.1, -0.05) is 6.58 Å². The Morgan fingerprint density at radius 2 is 1.50 bits per heavy atom. The zero-order valence-electron chi connectivity index (χ0n) is 4.58. The summed E-state index contributed by atoms with van der Waals surface area (Å²) in [6.07, 6.45) is -9.91. The highest BCUT2D eigenvalue weighted by molar-refractivity contribution is 4.78. The summed E-state index contributed by atoms with van der Waals surface area (Å²) in [5.41, 5.74) is 0. The molecule has 0 aliphatic carbocycles. The Hall–Kier alpha value is -0.650. The Morgan fingerprint density at radius 3 is 1.60 bits per heavy atom. The van der Waals surface area contributed by atoms with Crippen LogP contribution in [-0.4, -0.2) is 12.5 Å². The molecule has 0 radical (unpaired) electrons. The van der Waals surface area contributed by atoms with Gasteiger partial charge in [0.25, 0.3) is 0 Å². The van der Waals surface area contributed by atoms with Crippen LogP contribution in [0.2, 0.25) is 0 Å². The van der Waals surface area contributed by atoms with Crippen LogP contribution >= 0.6 is 0 Å². The van der Waals surface area contributed by atoms with Crippen molar-refractivity contribution in [2.24, 2.45) is 0 Å². The molecule has 6 heteroatoms.